The molecular formula is C9H15NOS. The van der Waals surface area contributed by atoms with Crippen LogP contribution >= 0.6 is 11.3 Å². The molecule has 12 heavy (non-hydrogen) atoms. The molecule has 0 saturated carbocycles. The topological polar surface area (TPSA) is 21.3 Å². The van der Waals surface area contributed by atoms with Gasteiger partial charge < -0.3 is 10.1 Å². The van der Waals surface area contributed by atoms with Crippen LogP contribution in [0.4, 0.5) is 5.69 Å². The van der Waals surface area contributed by atoms with E-state index in [0.717, 1.165) is 0 Å². The van der Waals surface area contributed by atoms with Crippen molar-refractivity contribution in [2.75, 3.05) is 12.4 Å². The van der Waals surface area contributed by atoms with E-state index < -0.39 is 0 Å². The second kappa shape index (κ2) is 4.48. The summed E-state index contributed by atoms with van der Waals surface area (Å²) in [6.07, 6.45) is 0.241. The molecule has 0 saturated heterocycles. The summed E-state index contributed by atoms with van der Waals surface area (Å²) >= 11 is 1.70. The van der Waals surface area contributed by atoms with Crippen molar-refractivity contribution < 1.29 is 4.74 Å². The summed E-state index contributed by atoms with van der Waals surface area (Å²) in [6.45, 7) is 4.18. The standard InChI is InChI=1S/C9H15NOS/c1-7(8(2)11-3)10-9-4-5-12-6-9/h4-8,10H,1-3H3. The van der Waals surface area contributed by atoms with Crippen molar-refractivity contribution in [2.24, 2.45) is 0 Å². The van der Waals surface area contributed by atoms with Gasteiger partial charge in [-0.25, -0.2) is 0 Å². The quantitative estimate of drug-likeness (QED) is 0.778. The predicted molar refractivity (Wildman–Crippen MR) is 53.9 cm³/mol. The molecular weight excluding hydrogens is 170 g/mol. The van der Waals surface area contributed by atoms with Gasteiger partial charge in [0.1, 0.15) is 0 Å². The number of anilines is 1. The molecule has 68 valence electrons. The molecule has 0 fully saturated rings. The van der Waals surface area contributed by atoms with E-state index in [9.17, 15) is 0 Å². The van der Waals surface area contributed by atoms with E-state index in [1.54, 1.807) is 18.4 Å². The highest BCUT2D eigenvalue weighted by atomic mass is 32.1. The third kappa shape index (κ3) is 2.50. The highest BCUT2D eigenvalue weighted by molar-refractivity contribution is 7.08. The highest BCUT2D eigenvalue weighted by Gasteiger charge is 2.09. The van der Waals surface area contributed by atoms with Crippen LogP contribution in [0.2, 0.25) is 0 Å². The van der Waals surface area contributed by atoms with E-state index in [1.165, 1.54) is 5.69 Å². The maximum atomic E-state index is 5.20. The molecule has 0 amide bonds. The first kappa shape index (κ1) is 9.55. The lowest BCUT2D eigenvalue weighted by Crippen LogP contribution is -2.29. The van der Waals surface area contributed by atoms with Gasteiger partial charge in [-0.3, -0.25) is 0 Å². The lowest BCUT2D eigenvalue weighted by Gasteiger charge is -2.19. The van der Waals surface area contributed by atoms with Gasteiger partial charge in [-0.1, -0.05) is 0 Å². The third-order valence-corrected chi connectivity index (χ3v) is 2.67. The Morgan fingerprint density at radius 1 is 1.50 bits per heavy atom. The number of methoxy groups -OCH3 is 1. The van der Waals surface area contributed by atoms with Crippen molar-refractivity contribution in [1.29, 1.82) is 0 Å². The number of ether oxygens (including phenoxy) is 1. The van der Waals surface area contributed by atoms with Crippen LogP contribution in [0, 0.1) is 0 Å². The molecule has 0 spiro atoms. The zero-order valence-electron chi connectivity index (χ0n) is 7.70. The Kier molecular flexibility index (Phi) is 3.56. The van der Waals surface area contributed by atoms with E-state index in [4.69, 9.17) is 4.74 Å². The highest BCUT2D eigenvalue weighted by Crippen LogP contribution is 2.14. The van der Waals surface area contributed by atoms with Crippen LogP contribution in [0.15, 0.2) is 16.8 Å². The second-order valence-electron chi connectivity index (χ2n) is 2.89. The minimum absolute atomic E-state index is 0.241. The monoisotopic (exact) mass is 185 g/mol. The number of rotatable bonds is 4. The Labute approximate surface area is 77.6 Å². The average molecular weight is 185 g/mol. The molecule has 2 atom stereocenters. The van der Waals surface area contributed by atoms with E-state index in [2.05, 4.69) is 36.0 Å². The molecule has 1 aromatic heterocycles. The van der Waals surface area contributed by atoms with E-state index in [1.807, 2.05) is 0 Å². The Hall–Kier alpha value is -0.540. The summed E-state index contributed by atoms with van der Waals surface area (Å²) < 4.78 is 5.20. The molecule has 0 radical (unpaired) electrons. The van der Waals surface area contributed by atoms with E-state index in [0.29, 0.717) is 6.04 Å². The van der Waals surface area contributed by atoms with Gasteiger partial charge in [0, 0.05) is 24.2 Å². The summed E-state index contributed by atoms with van der Waals surface area (Å²) in [5.41, 5.74) is 1.18. The molecule has 2 unspecified atom stereocenters. The van der Waals surface area contributed by atoms with Gasteiger partial charge in [0.15, 0.2) is 0 Å². The predicted octanol–water partition coefficient (Wildman–Crippen LogP) is 2.58. The SMILES string of the molecule is COC(C)C(C)Nc1ccsc1. The maximum Gasteiger partial charge on any atom is 0.0741 e. The number of thiophene rings is 1. The van der Waals surface area contributed by atoms with E-state index >= 15 is 0 Å². The molecule has 1 N–H and O–H groups in total. The van der Waals surface area contributed by atoms with Gasteiger partial charge in [-0.2, -0.15) is 11.3 Å². The fourth-order valence-electron chi connectivity index (χ4n) is 0.931. The van der Waals surface area contributed by atoms with Crippen molar-refractivity contribution in [3.63, 3.8) is 0 Å². The molecule has 0 aliphatic rings. The first-order chi connectivity index (χ1) is 5.74. The van der Waals surface area contributed by atoms with Gasteiger partial charge in [-0.05, 0) is 25.3 Å². The second-order valence-corrected chi connectivity index (χ2v) is 3.67. The lowest BCUT2D eigenvalue weighted by atomic mass is 10.2. The largest absolute Gasteiger partial charge is 0.380 e. The Morgan fingerprint density at radius 3 is 2.75 bits per heavy atom. The summed E-state index contributed by atoms with van der Waals surface area (Å²) in [5.74, 6) is 0. The Balaban J connectivity index is 2.41. The van der Waals surface area contributed by atoms with Crippen molar-refractivity contribution >= 4 is 17.0 Å². The summed E-state index contributed by atoms with van der Waals surface area (Å²) in [7, 11) is 1.73. The lowest BCUT2D eigenvalue weighted by molar-refractivity contribution is 0.106. The van der Waals surface area contributed by atoms with Gasteiger partial charge in [0.2, 0.25) is 0 Å². The molecule has 1 aromatic rings. The molecule has 1 rings (SSSR count). The Morgan fingerprint density at radius 2 is 2.25 bits per heavy atom. The van der Waals surface area contributed by atoms with Crippen LogP contribution in [-0.2, 0) is 4.74 Å². The summed E-state index contributed by atoms with van der Waals surface area (Å²) in [6, 6.07) is 2.42. The molecule has 3 heteroatoms. The molecule has 0 aromatic carbocycles. The van der Waals surface area contributed by atoms with Crippen molar-refractivity contribution in [1.82, 2.24) is 0 Å². The zero-order chi connectivity index (χ0) is 8.97. The third-order valence-electron chi connectivity index (χ3n) is 1.99. The first-order valence-corrected chi connectivity index (χ1v) is 5.00. The zero-order valence-corrected chi connectivity index (χ0v) is 8.52. The minimum Gasteiger partial charge on any atom is -0.380 e. The van der Waals surface area contributed by atoms with Gasteiger partial charge in [-0.15, -0.1) is 0 Å². The summed E-state index contributed by atoms with van der Waals surface area (Å²) in [5, 5.41) is 7.52. The van der Waals surface area contributed by atoms with Gasteiger partial charge in [0.05, 0.1) is 6.10 Å². The number of nitrogens with one attached hydrogen (secondary N) is 1. The van der Waals surface area contributed by atoms with Crippen molar-refractivity contribution in [3.05, 3.63) is 16.8 Å². The summed E-state index contributed by atoms with van der Waals surface area (Å²) in [4.78, 5) is 0. The minimum atomic E-state index is 0.241. The van der Waals surface area contributed by atoms with Crippen LogP contribution in [-0.4, -0.2) is 19.3 Å². The van der Waals surface area contributed by atoms with Gasteiger partial charge in [0.25, 0.3) is 0 Å². The van der Waals surface area contributed by atoms with Crippen LogP contribution in [0.5, 0.6) is 0 Å². The average Bonchev–Trinajstić information content (AvgIpc) is 2.55. The van der Waals surface area contributed by atoms with Gasteiger partial charge >= 0.3 is 0 Å². The number of hydrogen-bond donors (Lipinski definition) is 1. The fourth-order valence-corrected chi connectivity index (χ4v) is 1.53. The van der Waals surface area contributed by atoms with Crippen molar-refractivity contribution in [2.45, 2.75) is 26.0 Å². The molecule has 2 nitrogen and oxygen atoms in total. The number of hydrogen-bond acceptors (Lipinski definition) is 3. The fraction of sp³-hybridized carbons (Fsp3) is 0.556. The molecule has 0 bridgehead atoms. The van der Waals surface area contributed by atoms with Crippen LogP contribution in [0.3, 0.4) is 0 Å². The smallest absolute Gasteiger partial charge is 0.0741 e. The van der Waals surface area contributed by atoms with Crippen molar-refractivity contribution in [3.8, 4) is 0 Å². The maximum absolute atomic E-state index is 5.20. The first-order valence-electron chi connectivity index (χ1n) is 4.05. The molecule has 0 aliphatic carbocycles. The van der Waals surface area contributed by atoms with E-state index in [-0.39, 0.29) is 6.10 Å². The molecule has 0 aliphatic heterocycles. The molecule has 1 heterocycles. The van der Waals surface area contributed by atoms with Crippen LogP contribution in [0.1, 0.15) is 13.8 Å². The van der Waals surface area contributed by atoms with Crippen LogP contribution in [0.25, 0.3) is 0 Å². The normalized spacial score (nSPS) is 15.6. The van der Waals surface area contributed by atoms with Crippen LogP contribution < -0.4 is 5.32 Å². The Bertz CT molecular complexity index is 210.